The largest absolute Gasteiger partial charge is 0.467 e. The van der Waals surface area contributed by atoms with E-state index in [4.69, 9.17) is 4.42 Å². The molecule has 1 saturated carbocycles. The monoisotopic (exact) mass is 307 g/mol. The number of carbonyl (C=O) groups excluding carboxylic acids is 1. The number of rotatable bonds is 5. The van der Waals surface area contributed by atoms with E-state index in [1.165, 1.54) is 18.4 Å². The first-order valence-corrected chi connectivity index (χ1v) is 7.00. The van der Waals surface area contributed by atoms with Crippen molar-refractivity contribution in [1.82, 2.24) is 5.32 Å². The highest BCUT2D eigenvalue weighted by molar-refractivity contribution is 5.82. The fraction of sp³-hybridized carbons (Fsp3) is 0.312. The molecule has 1 aromatic heterocycles. The fourth-order valence-corrected chi connectivity index (χ4v) is 2.54. The summed E-state index contributed by atoms with van der Waals surface area (Å²) >= 11 is 0. The van der Waals surface area contributed by atoms with Gasteiger partial charge in [0.1, 0.15) is 23.5 Å². The Hall–Kier alpha value is -2.21. The maximum absolute atomic E-state index is 13.7. The first kappa shape index (κ1) is 14.7. The summed E-state index contributed by atoms with van der Waals surface area (Å²) in [6, 6.07) is 6.65. The van der Waals surface area contributed by atoms with E-state index in [0.717, 1.165) is 6.07 Å². The summed E-state index contributed by atoms with van der Waals surface area (Å²) < 4.78 is 31.6. The van der Waals surface area contributed by atoms with E-state index in [-0.39, 0.29) is 24.3 Å². The van der Waals surface area contributed by atoms with Crippen LogP contribution in [0.15, 0.2) is 41.0 Å². The number of hydrogen-bond donors (Lipinski definition) is 2. The summed E-state index contributed by atoms with van der Waals surface area (Å²) in [5, 5.41) is 12.4. The first-order valence-electron chi connectivity index (χ1n) is 7.00. The van der Waals surface area contributed by atoms with E-state index in [1.807, 2.05) is 0 Å². The van der Waals surface area contributed by atoms with Crippen LogP contribution in [0.4, 0.5) is 8.78 Å². The lowest BCUT2D eigenvalue weighted by Crippen LogP contribution is -2.29. The molecule has 3 unspecified atom stereocenters. The highest BCUT2D eigenvalue weighted by Crippen LogP contribution is 2.48. The maximum Gasteiger partial charge on any atom is 0.223 e. The van der Waals surface area contributed by atoms with Crippen LogP contribution < -0.4 is 5.32 Å². The Balaban J connectivity index is 1.54. The van der Waals surface area contributed by atoms with E-state index >= 15 is 0 Å². The quantitative estimate of drug-likeness (QED) is 0.892. The summed E-state index contributed by atoms with van der Waals surface area (Å²) in [7, 11) is 0. The lowest BCUT2D eigenvalue weighted by Gasteiger charge is -2.09. The molecule has 2 N–H and O–H groups in total. The second kappa shape index (κ2) is 5.88. The van der Waals surface area contributed by atoms with Crippen LogP contribution in [0.1, 0.15) is 29.8 Å². The summed E-state index contributed by atoms with van der Waals surface area (Å²) in [5.41, 5.74) is 0.355. The van der Waals surface area contributed by atoms with Crippen molar-refractivity contribution in [1.29, 1.82) is 0 Å². The lowest BCUT2D eigenvalue weighted by atomic mass is 10.1. The van der Waals surface area contributed by atoms with Crippen LogP contribution in [0.3, 0.4) is 0 Å². The molecular formula is C16H15F2NO3. The zero-order chi connectivity index (χ0) is 15.7. The molecule has 22 heavy (non-hydrogen) atoms. The van der Waals surface area contributed by atoms with E-state index in [2.05, 4.69) is 5.32 Å². The maximum atomic E-state index is 13.7. The van der Waals surface area contributed by atoms with Crippen molar-refractivity contribution in [3.05, 3.63) is 59.6 Å². The molecule has 0 radical (unpaired) electrons. The fourth-order valence-electron chi connectivity index (χ4n) is 2.54. The third-order valence-electron chi connectivity index (χ3n) is 3.83. The summed E-state index contributed by atoms with van der Waals surface area (Å²) in [4.78, 5) is 12.0. The highest BCUT2D eigenvalue weighted by Gasteiger charge is 2.45. The smallest absolute Gasteiger partial charge is 0.223 e. The van der Waals surface area contributed by atoms with Crippen molar-refractivity contribution < 1.29 is 23.1 Å². The van der Waals surface area contributed by atoms with Gasteiger partial charge in [0.2, 0.25) is 5.91 Å². The minimum Gasteiger partial charge on any atom is -0.467 e. The predicted octanol–water partition coefficient (Wildman–Crippen LogP) is 2.51. The van der Waals surface area contributed by atoms with Gasteiger partial charge in [0.05, 0.1) is 12.8 Å². The molecular weight excluding hydrogens is 292 g/mol. The van der Waals surface area contributed by atoms with Crippen molar-refractivity contribution in [2.45, 2.75) is 18.4 Å². The molecule has 116 valence electrons. The molecule has 0 bridgehead atoms. The van der Waals surface area contributed by atoms with E-state index in [9.17, 15) is 18.7 Å². The van der Waals surface area contributed by atoms with Gasteiger partial charge in [-0.1, -0.05) is 6.07 Å². The molecule has 1 aliphatic carbocycles. The van der Waals surface area contributed by atoms with Crippen LogP contribution in [-0.4, -0.2) is 17.6 Å². The topological polar surface area (TPSA) is 62.5 Å². The van der Waals surface area contributed by atoms with Gasteiger partial charge in [0.15, 0.2) is 0 Å². The molecule has 6 heteroatoms. The van der Waals surface area contributed by atoms with Gasteiger partial charge >= 0.3 is 0 Å². The van der Waals surface area contributed by atoms with Crippen molar-refractivity contribution in [3.63, 3.8) is 0 Å². The van der Waals surface area contributed by atoms with E-state index in [1.54, 1.807) is 12.1 Å². The second-order valence-electron chi connectivity index (χ2n) is 5.39. The number of hydrogen-bond acceptors (Lipinski definition) is 3. The normalized spacial score (nSPS) is 21.4. The molecule has 0 spiro atoms. The summed E-state index contributed by atoms with van der Waals surface area (Å²) in [6.45, 7) is 0.0292. The Morgan fingerprint density at radius 3 is 2.91 bits per heavy atom. The third kappa shape index (κ3) is 3.01. The number of furan rings is 1. The Labute approximate surface area is 125 Å². The number of benzene rings is 1. The molecule has 1 fully saturated rings. The van der Waals surface area contributed by atoms with Crippen LogP contribution in [0.25, 0.3) is 0 Å². The highest BCUT2D eigenvalue weighted by atomic mass is 19.1. The van der Waals surface area contributed by atoms with Gasteiger partial charge in [-0.3, -0.25) is 4.79 Å². The molecule has 0 aliphatic heterocycles. The zero-order valence-electron chi connectivity index (χ0n) is 11.6. The van der Waals surface area contributed by atoms with Gasteiger partial charge in [-0.15, -0.1) is 0 Å². The number of nitrogens with one attached hydrogen (secondary N) is 1. The molecule has 1 heterocycles. The molecule has 1 aromatic carbocycles. The van der Waals surface area contributed by atoms with Gasteiger partial charge in [-0.05, 0) is 36.1 Å². The standard InChI is InChI=1S/C16H15F2NO3/c17-9-3-4-10(13(18)6-9)11-7-12(11)16(21)19-8-14(20)15-2-1-5-22-15/h1-6,11-12,14,20H,7-8H2,(H,19,21). The number of carbonyl (C=O) groups is 1. The van der Waals surface area contributed by atoms with Crippen molar-refractivity contribution in [2.75, 3.05) is 6.54 Å². The number of amides is 1. The van der Waals surface area contributed by atoms with Crippen LogP contribution >= 0.6 is 0 Å². The molecule has 1 amide bonds. The van der Waals surface area contributed by atoms with Gasteiger partial charge in [-0.25, -0.2) is 8.78 Å². The van der Waals surface area contributed by atoms with E-state index in [0.29, 0.717) is 17.7 Å². The van der Waals surface area contributed by atoms with Crippen molar-refractivity contribution in [2.24, 2.45) is 5.92 Å². The van der Waals surface area contributed by atoms with Crippen LogP contribution in [0.2, 0.25) is 0 Å². The van der Waals surface area contributed by atoms with Gasteiger partial charge in [-0.2, -0.15) is 0 Å². The SMILES string of the molecule is O=C(NCC(O)c1ccco1)C1CC1c1ccc(F)cc1F. The van der Waals surface area contributed by atoms with Crippen LogP contribution in [0.5, 0.6) is 0 Å². The lowest BCUT2D eigenvalue weighted by molar-refractivity contribution is -0.122. The van der Waals surface area contributed by atoms with Gasteiger partial charge < -0.3 is 14.8 Å². The average molecular weight is 307 g/mol. The van der Waals surface area contributed by atoms with Gasteiger partial charge in [0, 0.05) is 12.0 Å². The van der Waals surface area contributed by atoms with Crippen LogP contribution in [0, 0.1) is 17.6 Å². The predicted molar refractivity (Wildman–Crippen MR) is 73.9 cm³/mol. The Kier molecular flexibility index (Phi) is 3.94. The minimum atomic E-state index is -0.918. The Morgan fingerprint density at radius 2 is 2.23 bits per heavy atom. The Bertz CT molecular complexity index is 672. The summed E-state index contributed by atoms with van der Waals surface area (Å²) in [5.74, 6) is -1.72. The average Bonchev–Trinajstić information content (AvgIpc) is 3.08. The minimum absolute atomic E-state index is 0.0292. The number of aliphatic hydroxyl groups is 1. The molecule has 2 aromatic rings. The molecule has 1 aliphatic rings. The second-order valence-corrected chi connectivity index (χ2v) is 5.39. The van der Waals surface area contributed by atoms with Crippen LogP contribution in [-0.2, 0) is 4.79 Å². The zero-order valence-corrected chi connectivity index (χ0v) is 11.6. The van der Waals surface area contributed by atoms with Crippen molar-refractivity contribution in [3.8, 4) is 0 Å². The molecule has 3 atom stereocenters. The first-order chi connectivity index (χ1) is 10.6. The molecule has 4 nitrogen and oxygen atoms in total. The van der Waals surface area contributed by atoms with Crippen molar-refractivity contribution >= 4 is 5.91 Å². The molecule has 3 rings (SSSR count). The molecule has 0 saturated heterocycles. The van der Waals surface area contributed by atoms with E-state index < -0.39 is 17.7 Å². The number of aliphatic hydroxyl groups excluding tert-OH is 1. The Morgan fingerprint density at radius 1 is 1.41 bits per heavy atom. The van der Waals surface area contributed by atoms with Gasteiger partial charge in [0.25, 0.3) is 0 Å². The number of halogens is 2. The third-order valence-corrected chi connectivity index (χ3v) is 3.83. The summed E-state index contributed by atoms with van der Waals surface area (Å²) in [6.07, 6.45) is 1.04.